The summed E-state index contributed by atoms with van der Waals surface area (Å²) in [5, 5.41) is 3.06. The molecule has 1 amide bonds. The summed E-state index contributed by atoms with van der Waals surface area (Å²) in [7, 11) is 0. The second-order valence-electron chi connectivity index (χ2n) is 6.39. The molecule has 150 valence electrons. The molecule has 3 N–H and O–H groups in total. The predicted octanol–water partition coefficient (Wildman–Crippen LogP) is 2.89. The Morgan fingerprint density at radius 3 is 2.38 bits per heavy atom. The number of halogens is 2. The number of carbonyl (C=O) groups excluding carboxylic acids is 1. The Kier molecular flexibility index (Phi) is 14.7. The van der Waals surface area contributed by atoms with Crippen molar-refractivity contribution >= 4 is 30.7 Å². The molecule has 1 aliphatic heterocycles. The highest BCUT2D eigenvalue weighted by Gasteiger charge is 2.13. The summed E-state index contributed by atoms with van der Waals surface area (Å²) >= 11 is 0. The summed E-state index contributed by atoms with van der Waals surface area (Å²) in [5.41, 5.74) is 7.98. The maximum absolute atomic E-state index is 12.0. The molecule has 5 nitrogen and oxygen atoms in total. The predicted molar refractivity (Wildman–Crippen MR) is 111 cm³/mol. The van der Waals surface area contributed by atoms with E-state index in [-0.39, 0.29) is 30.7 Å². The highest BCUT2D eigenvalue weighted by Crippen LogP contribution is 2.13. The van der Waals surface area contributed by atoms with E-state index in [4.69, 9.17) is 10.5 Å². The van der Waals surface area contributed by atoms with E-state index in [0.717, 1.165) is 65.1 Å². The van der Waals surface area contributed by atoms with Crippen LogP contribution in [0.15, 0.2) is 24.3 Å². The Morgan fingerprint density at radius 2 is 1.69 bits per heavy atom. The average Bonchev–Trinajstić information content (AvgIpc) is 2.62. The lowest BCUT2D eigenvalue weighted by Crippen LogP contribution is -2.36. The minimum absolute atomic E-state index is 0. The summed E-state index contributed by atoms with van der Waals surface area (Å²) in [6.07, 6.45) is 4.80. The van der Waals surface area contributed by atoms with Gasteiger partial charge >= 0.3 is 0 Å². The van der Waals surface area contributed by atoms with Gasteiger partial charge in [-0.2, -0.15) is 0 Å². The zero-order valence-electron chi connectivity index (χ0n) is 15.5. The van der Waals surface area contributed by atoms with Gasteiger partial charge in [0.15, 0.2) is 0 Å². The molecular weight excluding hydrogens is 373 g/mol. The zero-order valence-corrected chi connectivity index (χ0v) is 17.1. The first-order valence-corrected chi connectivity index (χ1v) is 9.13. The van der Waals surface area contributed by atoms with Gasteiger partial charge in [0.05, 0.1) is 13.2 Å². The first kappa shape index (κ1) is 25.1. The first-order chi connectivity index (χ1) is 11.8. The minimum atomic E-state index is 0. The Labute approximate surface area is 169 Å². The third kappa shape index (κ3) is 9.74. The van der Waals surface area contributed by atoms with E-state index >= 15 is 0 Å². The smallest absolute Gasteiger partial charge is 0.220 e. The van der Waals surface area contributed by atoms with Gasteiger partial charge in [0.1, 0.15) is 0 Å². The van der Waals surface area contributed by atoms with Crippen LogP contribution in [-0.4, -0.2) is 43.7 Å². The molecule has 1 aromatic carbocycles. The molecule has 7 heteroatoms. The van der Waals surface area contributed by atoms with Crippen LogP contribution in [0.25, 0.3) is 0 Å². The van der Waals surface area contributed by atoms with Gasteiger partial charge in [-0.1, -0.05) is 37.1 Å². The van der Waals surface area contributed by atoms with Crippen molar-refractivity contribution < 1.29 is 9.53 Å². The number of ether oxygens (including phenoxy) is 1. The standard InChI is InChI=1S/C19H31N3O2.2ClH/c20-10-6-2-1-3-9-19(23)21-15-17-7-4-5-8-18(17)16-22-11-13-24-14-12-22;;/h4-5,7-8H,1-3,6,9-16,20H2,(H,21,23);2*1H. The van der Waals surface area contributed by atoms with E-state index in [1.54, 1.807) is 0 Å². The lowest BCUT2D eigenvalue weighted by atomic mass is 10.1. The number of carbonyl (C=O) groups is 1. The van der Waals surface area contributed by atoms with Crippen molar-refractivity contribution in [2.24, 2.45) is 5.73 Å². The van der Waals surface area contributed by atoms with Gasteiger partial charge < -0.3 is 15.8 Å². The Bertz CT molecular complexity index is 497. The van der Waals surface area contributed by atoms with Gasteiger partial charge in [-0.25, -0.2) is 0 Å². The van der Waals surface area contributed by atoms with E-state index < -0.39 is 0 Å². The third-order valence-corrected chi connectivity index (χ3v) is 4.45. The van der Waals surface area contributed by atoms with E-state index in [1.165, 1.54) is 11.1 Å². The molecule has 0 atom stereocenters. The largest absolute Gasteiger partial charge is 0.379 e. The van der Waals surface area contributed by atoms with Gasteiger partial charge in [0.25, 0.3) is 0 Å². The molecule has 26 heavy (non-hydrogen) atoms. The third-order valence-electron chi connectivity index (χ3n) is 4.45. The molecule has 0 saturated carbocycles. The monoisotopic (exact) mass is 405 g/mol. The van der Waals surface area contributed by atoms with Crippen LogP contribution in [-0.2, 0) is 22.6 Å². The summed E-state index contributed by atoms with van der Waals surface area (Å²) in [6.45, 7) is 5.85. The topological polar surface area (TPSA) is 67.6 Å². The van der Waals surface area contributed by atoms with E-state index in [2.05, 4.69) is 28.4 Å². The second-order valence-corrected chi connectivity index (χ2v) is 6.39. The Hall–Kier alpha value is -0.850. The van der Waals surface area contributed by atoms with Crippen LogP contribution in [0.3, 0.4) is 0 Å². The quantitative estimate of drug-likeness (QED) is 0.587. The number of amides is 1. The highest BCUT2D eigenvalue weighted by molar-refractivity contribution is 5.85. The SMILES string of the molecule is Cl.Cl.NCCCCCCC(=O)NCc1ccccc1CN1CCOCC1. The number of nitrogens with zero attached hydrogens (tertiary/aromatic N) is 1. The Balaban J connectivity index is 0.00000312. The van der Waals surface area contributed by atoms with Crippen LogP contribution in [0, 0.1) is 0 Å². The van der Waals surface area contributed by atoms with Crippen molar-refractivity contribution in [3.63, 3.8) is 0 Å². The molecule has 0 unspecified atom stereocenters. The van der Waals surface area contributed by atoms with Crippen molar-refractivity contribution in [2.45, 2.75) is 45.2 Å². The number of benzene rings is 1. The molecule has 0 aromatic heterocycles. The van der Waals surface area contributed by atoms with Crippen molar-refractivity contribution in [3.8, 4) is 0 Å². The lowest BCUT2D eigenvalue weighted by molar-refractivity contribution is -0.121. The normalized spacial score (nSPS) is 14.2. The second kappa shape index (κ2) is 15.2. The Morgan fingerprint density at radius 1 is 1.04 bits per heavy atom. The maximum Gasteiger partial charge on any atom is 0.220 e. The van der Waals surface area contributed by atoms with Crippen LogP contribution in [0.4, 0.5) is 0 Å². The van der Waals surface area contributed by atoms with Gasteiger partial charge in [0.2, 0.25) is 5.91 Å². The van der Waals surface area contributed by atoms with Crippen LogP contribution >= 0.6 is 24.8 Å². The van der Waals surface area contributed by atoms with Crippen LogP contribution in [0.5, 0.6) is 0 Å². The molecule has 1 heterocycles. The number of rotatable bonds is 10. The minimum Gasteiger partial charge on any atom is -0.379 e. The lowest BCUT2D eigenvalue weighted by Gasteiger charge is -2.27. The number of nitrogens with two attached hydrogens (primary N) is 1. The van der Waals surface area contributed by atoms with E-state index in [9.17, 15) is 4.79 Å². The van der Waals surface area contributed by atoms with Crippen molar-refractivity contribution in [1.29, 1.82) is 0 Å². The van der Waals surface area contributed by atoms with Gasteiger partial charge in [-0.05, 0) is 30.5 Å². The van der Waals surface area contributed by atoms with Crippen molar-refractivity contribution in [1.82, 2.24) is 10.2 Å². The number of unbranched alkanes of at least 4 members (excludes halogenated alkanes) is 3. The molecule has 0 aliphatic carbocycles. The van der Waals surface area contributed by atoms with Crippen LogP contribution in [0.2, 0.25) is 0 Å². The molecule has 1 fully saturated rings. The maximum atomic E-state index is 12.0. The molecule has 2 rings (SSSR count). The molecule has 0 spiro atoms. The molecule has 0 bridgehead atoms. The number of hydrogen-bond acceptors (Lipinski definition) is 4. The number of hydrogen-bond donors (Lipinski definition) is 2. The molecule has 0 radical (unpaired) electrons. The van der Waals surface area contributed by atoms with Crippen molar-refractivity contribution in [2.75, 3.05) is 32.8 Å². The highest BCUT2D eigenvalue weighted by atomic mass is 35.5. The number of morpholine rings is 1. The fourth-order valence-corrected chi connectivity index (χ4v) is 2.95. The van der Waals surface area contributed by atoms with Gasteiger partial charge in [0, 0.05) is 32.6 Å². The van der Waals surface area contributed by atoms with E-state index in [0.29, 0.717) is 13.0 Å². The van der Waals surface area contributed by atoms with Crippen molar-refractivity contribution in [3.05, 3.63) is 35.4 Å². The average molecular weight is 406 g/mol. The summed E-state index contributed by atoms with van der Waals surface area (Å²) < 4.78 is 5.40. The van der Waals surface area contributed by atoms with Gasteiger partial charge in [-0.15, -0.1) is 24.8 Å². The number of nitrogens with one attached hydrogen (secondary N) is 1. The van der Waals surface area contributed by atoms with Gasteiger partial charge in [-0.3, -0.25) is 9.69 Å². The summed E-state index contributed by atoms with van der Waals surface area (Å²) in [6, 6.07) is 8.37. The molecular formula is C19H33Cl2N3O2. The first-order valence-electron chi connectivity index (χ1n) is 9.13. The van der Waals surface area contributed by atoms with Crippen LogP contribution in [0.1, 0.15) is 43.2 Å². The fourth-order valence-electron chi connectivity index (χ4n) is 2.95. The molecule has 1 saturated heterocycles. The summed E-state index contributed by atoms with van der Waals surface area (Å²) in [5.74, 6) is 0.143. The fraction of sp³-hybridized carbons (Fsp3) is 0.632. The van der Waals surface area contributed by atoms with E-state index in [1.807, 2.05) is 6.07 Å². The molecule has 1 aliphatic rings. The zero-order chi connectivity index (χ0) is 17.0. The van der Waals surface area contributed by atoms with Crippen LogP contribution < -0.4 is 11.1 Å². The molecule has 1 aromatic rings. The summed E-state index contributed by atoms with van der Waals surface area (Å²) in [4.78, 5) is 14.4.